The molecule has 0 N–H and O–H groups in total. The number of rotatable bonds is 4. The fraction of sp³-hybridized carbons (Fsp3) is 0.600. The molecule has 64 valence electrons. The molecule has 0 spiro atoms. The van der Waals surface area contributed by atoms with Crippen LogP contribution >= 0.6 is 15.9 Å². The molecule has 0 fully saturated rings. The van der Waals surface area contributed by atoms with Gasteiger partial charge < -0.3 is 0 Å². The van der Waals surface area contributed by atoms with Crippen LogP contribution in [-0.4, -0.2) is 5.33 Å². The number of alkyl halides is 1. The summed E-state index contributed by atoms with van der Waals surface area (Å²) in [6, 6.07) is 0. The maximum Gasteiger partial charge on any atom is 0.0214 e. The highest BCUT2D eigenvalue weighted by Gasteiger charge is 1.99. The van der Waals surface area contributed by atoms with Gasteiger partial charge in [-0.25, -0.2) is 0 Å². The average Bonchev–Trinajstić information content (AvgIpc) is 2.00. The standard InChI is InChI=1S/C10H17Br/c1-4-5-6-9(2)10(3)7-8-11/h4-5,7,9H,6,8H2,1-3H3. The third-order valence-corrected chi connectivity index (χ3v) is 2.23. The van der Waals surface area contributed by atoms with Crippen LogP contribution in [0.2, 0.25) is 0 Å². The van der Waals surface area contributed by atoms with Crippen molar-refractivity contribution in [2.75, 3.05) is 5.33 Å². The van der Waals surface area contributed by atoms with Crippen LogP contribution in [0.15, 0.2) is 23.8 Å². The van der Waals surface area contributed by atoms with E-state index in [2.05, 4.69) is 54.9 Å². The highest BCUT2D eigenvalue weighted by atomic mass is 79.9. The first kappa shape index (κ1) is 11.0. The van der Waals surface area contributed by atoms with Gasteiger partial charge in [0.1, 0.15) is 0 Å². The molecule has 1 atom stereocenters. The Morgan fingerprint density at radius 2 is 2.18 bits per heavy atom. The molecule has 0 aromatic heterocycles. The summed E-state index contributed by atoms with van der Waals surface area (Å²) in [7, 11) is 0. The van der Waals surface area contributed by atoms with Crippen LogP contribution in [0.5, 0.6) is 0 Å². The molecule has 0 heterocycles. The molecule has 0 amide bonds. The number of hydrogen-bond acceptors (Lipinski definition) is 0. The Balaban J connectivity index is 3.81. The SMILES string of the molecule is CC=CCC(C)C(C)=CCBr. The van der Waals surface area contributed by atoms with E-state index in [0.717, 1.165) is 11.8 Å². The summed E-state index contributed by atoms with van der Waals surface area (Å²) >= 11 is 3.39. The summed E-state index contributed by atoms with van der Waals surface area (Å²) < 4.78 is 0. The number of allylic oxidation sites excluding steroid dienone is 4. The zero-order valence-corrected chi connectivity index (χ0v) is 9.19. The van der Waals surface area contributed by atoms with Crippen molar-refractivity contribution in [2.45, 2.75) is 27.2 Å². The van der Waals surface area contributed by atoms with Gasteiger partial charge in [0.15, 0.2) is 0 Å². The van der Waals surface area contributed by atoms with E-state index in [1.165, 1.54) is 5.57 Å². The normalized spacial score (nSPS) is 15.8. The van der Waals surface area contributed by atoms with E-state index >= 15 is 0 Å². The second-order valence-corrected chi connectivity index (χ2v) is 3.46. The van der Waals surface area contributed by atoms with Crippen LogP contribution in [0.1, 0.15) is 27.2 Å². The fourth-order valence-corrected chi connectivity index (χ4v) is 1.36. The molecule has 11 heavy (non-hydrogen) atoms. The summed E-state index contributed by atoms with van der Waals surface area (Å²) in [5.74, 6) is 0.684. The minimum atomic E-state index is 0.684. The Labute approximate surface area is 78.5 Å². The fourth-order valence-electron chi connectivity index (χ4n) is 0.849. The molecule has 0 aliphatic rings. The van der Waals surface area contributed by atoms with Gasteiger partial charge in [-0.3, -0.25) is 0 Å². The summed E-state index contributed by atoms with van der Waals surface area (Å²) in [6.45, 7) is 6.51. The maximum atomic E-state index is 3.39. The Kier molecular flexibility index (Phi) is 6.63. The molecule has 0 radical (unpaired) electrons. The van der Waals surface area contributed by atoms with Crippen LogP contribution in [0.3, 0.4) is 0 Å². The zero-order valence-electron chi connectivity index (χ0n) is 7.60. The third kappa shape index (κ3) is 5.25. The average molecular weight is 217 g/mol. The Morgan fingerprint density at radius 1 is 1.55 bits per heavy atom. The largest absolute Gasteiger partial charge is 0.0916 e. The molecular formula is C10H17Br. The van der Waals surface area contributed by atoms with Crippen LogP contribution in [0.4, 0.5) is 0 Å². The monoisotopic (exact) mass is 216 g/mol. The van der Waals surface area contributed by atoms with Crippen molar-refractivity contribution >= 4 is 15.9 Å². The van der Waals surface area contributed by atoms with Gasteiger partial charge in [0.2, 0.25) is 0 Å². The number of halogens is 1. The molecule has 0 saturated carbocycles. The van der Waals surface area contributed by atoms with Gasteiger partial charge in [0.05, 0.1) is 0 Å². The third-order valence-electron chi connectivity index (χ3n) is 1.90. The second kappa shape index (κ2) is 6.66. The van der Waals surface area contributed by atoms with E-state index < -0.39 is 0 Å². The Bertz CT molecular complexity index is 145. The molecule has 0 nitrogen and oxygen atoms in total. The first-order chi connectivity index (χ1) is 5.22. The van der Waals surface area contributed by atoms with E-state index in [1.807, 2.05) is 0 Å². The topological polar surface area (TPSA) is 0 Å². The van der Waals surface area contributed by atoms with Gasteiger partial charge in [-0.2, -0.15) is 0 Å². The molecule has 0 saturated heterocycles. The van der Waals surface area contributed by atoms with Crippen LogP contribution in [-0.2, 0) is 0 Å². The summed E-state index contributed by atoms with van der Waals surface area (Å²) in [6.07, 6.45) is 7.72. The van der Waals surface area contributed by atoms with E-state index in [9.17, 15) is 0 Å². The lowest BCUT2D eigenvalue weighted by Crippen LogP contribution is -1.94. The summed E-state index contributed by atoms with van der Waals surface area (Å²) in [4.78, 5) is 0. The Morgan fingerprint density at radius 3 is 2.64 bits per heavy atom. The van der Waals surface area contributed by atoms with Crippen molar-refractivity contribution in [1.29, 1.82) is 0 Å². The van der Waals surface area contributed by atoms with Crippen molar-refractivity contribution in [1.82, 2.24) is 0 Å². The van der Waals surface area contributed by atoms with Crippen molar-refractivity contribution in [3.8, 4) is 0 Å². The predicted octanol–water partition coefficient (Wildman–Crippen LogP) is 3.93. The summed E-state index contributed by atoms with van der Waals surface area (Å²) in [5.41, 5.74) is 1.47. The van der Waals surface area contributed by atoms with E-state index in [4.69, 9.17) is 0 Å². The van der Waals surface area contributed by atoms with E-state index in [-0.39, 0.29) is 0 Å². The molecule has 0 aliphatic heterocycles. The van der Waals surface area contributed by atoms with Gasteiger partial charge >= 0.3 is 0 Å². The van der Waals surface area contributed by atoms with Crippen LogP contribution < -0.4 is 0 Å². The number of hydrogen-bond donors (Lipinski definition) is 0. The quantitative estimate of drug-likeness (QED) is 0.494. The molecule has 0 aromatic carbocycles. The first-order valence-electron chi connectivity index (χ1n) is 4.06. The van der Waals surface area contributed by atoms with Crippen LogP contribution in [0, 0.1) is 5.92 Å². The van der Waals surface area contributed by atoms with Crippen molar-refractivity contribution in [3.05, 3.63) is 23.8 Å². The van der Waals surface area contributed by atoms with E-state index in [0.29, 0.717) is 5.92 Å². The van der Waals surface area contributed by atoms with Gasteiger partial charge in [-0.1, -0.05) is 46.7 Å². The van der Waals surface area contributed by atoms with Crippen LogP contribution in [0.25, 0.3) is 0 Å². The molecule has 1 unspecified atom stereocenters. The van der Waals surface area contributed by atoms with Crippen molar-refractivity contribution < 1.29 is 0 Å². The van der Waals surface area contributed by atoms with E-state index in [1.54, 1.807) is 0 Å². The van der Waals surface area contributed by atoms with Gasteiger partial charge in [-0.05, 0) is 26.2 Å². The second-order valence-electron chi connectivity index (χ2n) is 2.81. The predicted molar refractivity (Wildman–Crippen MR) is 56.1 cm³/mol. The lowest BCUT2D eigenvalue weighted by atomic mass is 9.99. The molecular weight excluding hydrogens is 200 g/mol. The van der Waals surface area contributed by atoms with Crippen molar-refractivity contribution in [3.63, 3.8) is 0 Å². The smallest absolute Gasteiger partial charge is 0.0214 e. The highest BCUT2D eigenvalue weighted by Crippen LogP contribution is 2.14. The molecule has 1 heteroatoms. The lowest BCUT2D eigenvalue weighted by Gasteiger charge is -2.08. The highest BCUT2D eigenvalue weighted by molar-refractivity contribution is 9.09. The van der Waals surface area contributed by atoms with Gasteiger partial charge in [0, 0.05) is 5.33 Å². The maximum absolute atomic E-state index is 3.39. The molecule has 0 bridgehead atoms. The minimum absolute atomic E-state index is 0.684. The zero-order chi connectivity index (χ0) is 8.69. The van der Waals surface area contributed by atoms with Crippen molar-refractivity contribution in [2.24, 2.45) is 5.92 Å². The first-order valence-corrected chi connectivity index (χ1v) is 5.18. The van der Waals surface area contributed by atoms with Gasteiger partial charge in [-0.15, -0.1) is 0 Å². The molecule has 0 rings (SSSR count). The Hall–Kier alpha value is -0.0400. The van der Waals surface area contributed by atoms with Gasteiger partial charge in [0.25, 0.3) is 0 Å². The minimum Gasteiger partial charge on any atom is -0.0916 e. The summed E-state index contributed by atoms with van der Waals surface area (Å²) in [5, 5.41) is 0.971. The lowest BCUT2D eigenvalue weighted by molar-refractivity contribution is 0.693. The molecule has 0 aromatic rings. The molecule has 0 aliphatic carbocycles.